The Balaban J connectivity index is 3.34. The molecule has 0 bridgehead atoms. The molecule has 0 atom stereocenters. The molecule has 0 aliphatic rings. The molecular weight excluding hydrogens is 137 g/mol. The van der Waals surface area contributed by atoms with Crippen molar-refractivity contribution >= 4 is 12.2 Å². The van der Waals surface area contributed by atoms with Gasteiger partial charge in [0.1, 0.15) is 0 Å². The van der Waals surface area contributed by atoms with Gasteiger partial charge in [-0.2, -0.15) is 0 Å². The molecule has 48 valence electrons. The Hall–Kier alpha value is -0.700. The summed E-state index contributed by atoms with van der Waals surface area (Å²) in [6.07, 6.45) is 3.06. The second kappa shape index (κ2) is 2.27. The van der Waals surface area contributed by atoms with Gasteiger partial charge in [-0.25, -0.2) is 4.39 Å². The molecule has 0 saturated carbocycles. The molecule has 1 nitrogen and oxygen atoms in total. The molecular formula is C6H6FNS. The number of halogens is 1. The maximum atomic E-state index is 12.5. The quantitative estimate of drug-likeness (QED) is 0.502. The molecule has 3 heteroatoms. The van der Waals surface area contributed by atoms with Gasteiger partial charge >= 0.3 is 0 Å². The van der Waals surface area contributed by atoms with Crippen LogP contribution in [0.15, 0.2) is 18.5 Å². The van der Waals surface area contributed by atoms with Crippen molar-refractivity contribution < 1.29 is 4.39 Å². The Morgan fingerprint density at radius 3 is 2.78 bits per heavy atom. The molecule has 0 N–H and O–H groups in total. The van der Waals surface area contributed by atoms with Gasteiger partial charge in [0.05, 0.1) is 4.51 Å². The van der Waals surface area contributed by atoms with E-state index in [1.54, 1.807) is 23.9 Å². The van der Waals surface area contributed by atoms with E-state index >= 15 is 0 Å². The summed E-state index contributed by atoms with van der Waals surface area (Å²) in [6, 6.07) is 1.56. The van der Waals surface area contributed by atoms with E-state index in [-0.39, 0.29) is 10.3 Å². The predicted octanol–water partition coefficient (Wildman–Crippen LogP) is 1.89. The van der Waals surface area contributed by atoms with E-state index in [9.17, 15) is 4.39 Å². The van der Waals surface area contributed by atoms with Crippen molar-refractivity contribution in [2.24, 2.45) is 7.05 Å². The molecule has 1 rings (SSSR count). The minimum atomic E-state index is -0.338. The Kier molecular flexibility index (Phi) is 1.62. The van der Waals surface area contributed by atoms with Gasteiger partial charge in [-0.1, -0.05) is 12.2 Å². The second-order valence-corrected chi connectivity index (χ2v) is 2.26. The third kappa shape index (κ3) is 1.36. The molecule has 0 saturated heterocycles. The van der Waals surface area contributed by atoms with Gasteiger partial charge < -0.3 is 4.57 Å². The van der Waals surface area contributed by atoms with Gasteiger partial charge in [0.15, 0.2) is 5.82 Å². The van der Waals surface area contributed by atoms with E-state index in [1.807, 2.05) is 0 Å². The van der Waals surface area contributed by atoms with E-state index in [2.05, 4.69) is 12.2 Å². The first kappa shape index (κ1) is 6.42. The number of aromatic nitrogens is 1. The largest absolute Gasteiger partial charge is 0.354 e. The normalized spacial score (nSPS) is 9.56. The number of hydrogen-bond acceptors (Lipinski definition) is 1. The second-order valence-electron chi connectivity index (χ2n) is 1.82. The van der Waals surface area contributed by atoms with Crippen molar-refractivity contribution in [2.45, 2.75) is 0 Å². The van der Waals surface area contributed by atoms with Crippen molar-refractivity contribution in [3.63, 3.8) is 0 Å². The summed E-state index contributed by atoms with van der Waals surface area (Å²) in [5.41, 5.74) is 0. The molecule has 0 fully saturated rings. The van der Waals surface area contributed by atoms with Crippen molar-refractivity contribution in [1.29, 1.82) is 0 Å². The lowest BCUT2D eigenvalue weighted by molar-refractivity contribution is 0.604. The summed E-state index contributed by atoms with van der Waals surface area (Å²) >= 11 is 4.62. The van der Waals surface area contributed by atoms with Gasteiger partial charge in [-0.15, -0.1) is 0 Å². The van der Waals surface area contributed by atoms with Crippen LogP contribution < -0.4 is 0 Å². The zero-order chi connectivity index (χ0) is 6.85. The number of aryl methyl sites for hydroxylation is 1. The van der Waals surface area contributed by atoms with Crippen LogP contribution in [0.25, 0.3) is 0 Å². The van der Waals surface area contributed by atoms with Crippen LogP contribution in [0.1, 0.15) is 0 Å². The highest BCUT2D eigenvalue weighted by atomic mass is 32.1. The van der Waals surface area contributed by atoms with Crippen LogP contribution in [-0.4, -0.2) is 4.57 Å². The highest BCUT2D eigenvalue weighted by Crippen LogP contribution is 1.97. The summed E-state index contributed by atoms with van der Waals surface area (Å²) in [4.78, 5) is 0. The first-order valence-corrected chi connectivity index (χ1v) is 2.93. The van der Waals surface area contributed by atoms with E-state index in [0.29, 0.717) is 0 Å². The molecule has 0 unspecified atom stereocenters. The van der Waals surface area contributed by atoms with Crippen LogP contribution in [-0.2, 0) is 7.05 Å². The molecule has 9 heavy (non-hydrogen) atoms. The maximum Gasteiger partial charge on any atom is 0.157 e. The average molecular weight is 143 g/mol. The van der Waals surface area contributed by atoms with E-state index in [0.717, 1.165) is 0 Å². The summed E-state index contributed by atoms with van der Waals surface area (Å²) in [5.74, 6) is -0.338. The average Bonchev–Trinajstić information content (AvgIpc) is 1.80. The number of pyridine rings is 1. The zero-order valence-corrected chi connectivity index (χ0v) is 5.78. The van der Waals surface area contributed by atoms with Gasteiger partial charge in [0, 0.05) is 19.4 Å². The third-order valence-electron chi connectivity index (χ3n) is 1.01. The summed E-state index contributed by atoms with van der Waals surface area (Å²) in [7, 11) is 1.75. The molecule has 1 aromatic heterocycles. The molecule has 0 radical (unpaired) electrons. The van der Waals surface area contributed by atoms with E-state index < -0.39 is 0 Å². The Morgan fingerprint density at radius 2 is 2.33 bits per heavy atom. The van der Waals surface area contributed by atoms with Crippen LogP contribution in [0.4, 0.5) is 4.39 Å². The van der Waals surface area contributed by atoms with Crippen molar-refractivity contribution in [3.8, 4) is 0 Å². The van der Waals surface area contributed by atoms with Gasteiger partial charge in [-0.3, -0.25) is 0 Å². The standard InChI is InChI=1S/C6H6FNS/c1-8-3-2-6(9)5(7)4-8/h2-4H,1H3. The summed E-state index contributed by atoms with van der Waals surface area (Å²) < 4.78 is 14.3. The van der Waals surface area contributed by atoms with Crippen LogP contribution in [0.3, 0.4) is 0 Å². The highest BCUT2D eigenvalue weighted by Gasteiger charge is 1.89. The van der Waals surface area contributed by atoms with E-state index in [4.69, 9.17) is 0 Å². The Morgan fingerprint density at radius 1 is 1.67 bits per heavy atom. The fourth-order valence-electron chi connectivity index (χ4n) is 0.550. The SMILES string of the molecule is Cn1ccc(=S)c(F)c1. The fraction of sp³-hybridized carbons (Fsp3) is 0.167. The predicted molar refractivity (Wildman–Crippen MR) is 36.2 cm³/mol. The van der Waals surface area contributed by atoms with Gasteiger partial charge in [0.25, 0.3) is 0 Å². The van der Waals surface area contributed by atoms with Crippen molar-refractivity contribution in [1.82, 2.24) is 4.57 Å². The lowest BCUT2D eigenvalue weighted by atomic mass is 10.5. The molecule has 0 aliphatic heterocycles. The Bertz CT molecular complexity index is 266. The topological polar surface area (TPSA) is 4.93 Å². The van der Waals surface area contributed by atoms with Crippen LogP contribution in [0.5, 0.6) is 0 Å². The van der Waals surface area contributed by atoms with Crippen LogP contribution in [0.2, 0.25) is 0 Å². The molecule has 1 heterocycles. The van der Waals surface area contributed by atoms with Crippen molar-refractivity contribution in [3.05, 3.63) is 28.8 Å². The summed E-state index contributed by atoms with van der Waals surface area (Å²) in [6.45, 7) is 0. The molecule has 0 aliphatic carbocycles. The maximum absolute atomic E-state index is 12.5. The molecule has 0 aromatic carbocycles. The molecule has 0 spiro atoms. The monoisotopic (exact) mass is 143 g/mol. The van der Waals surface area contributed by atoms with Gasteiger partial charge in [-0.05, 0) is 6.07 Å². The van der Waals surface area contributed by atoms with Crippen LogP contribution in [0, 0.1) is 10.3 Å². The molecule has 0 amide bonds. The van der Waals surface area contributed by atoms with E-state index in [1.165, 1.54) is 6.20 Å². The lowest BCUT2D eigenvalue weighted by Gasteiger charge is -1.94. The number of hydrogen-bond donors (Lipinski definition) is 0. The van der Waals surface area contributed by atoms with Gasteiger partial charge in [0.2, 0.25) is 0 Å². The first-order chi connectivity index (χ1) is 4.20. The fourth-order valence-corrected chi connectivity index (χ4v) is 0.664. The summed E-state index contributed by atoms with van der Waals surface area (Å²) in [5, 5.41) is 0. The van der Waals surface area contributed by atoms with Crippen molar-refractivity contribution in [2.75, 3.05) is 0 Å². The smallest absolute Gasteiger partial charge is 0.157 e. The molecule has 1 aromatic rings. The zero-order valence-electron chi connectivity index (χ0n) is 4.97. The third-order valence-corrected chi connectivity index (χ3v) is 1.34. The highest BCUT2D eigenvalue weighted by molar-refractivity contribution is 7.71. The minimum Gasteiger partial charge on any atom is -0.354 e. The Labute approximate surface area is 57.8 Å². The minimum absolute atomic E-state index is 0.271. The number of nitrogens with zero attached hydrogens (tertiary/aromatic N) is 1. The first-order valence-electron chi connectivity index (χ1n) is 2.52. The lowest BCUT2D eigenvalue weighted by Crippen LogP contribution is -1.89. The van der Waals surface area contributed by atoms with Crippen LogP contribution >= 0.6 is 12.2 Å². The number of rotatable bonds is 0.